The molecule has 1 heterocycles. The fraction of sp³-hybridized carbons (Fsp3) is 0.455. The van der Waals surface area contributed by atoms with Crippen molar-refractivity contribution in [1.29, 1.82) is 0 Å². The second kappa shape index (κ2) is 4.00. The minimum Gasteiger partial charge on any atom is -0.302 e. The molecule has 1 aromatic heterocycles. The predicted molar refractivity (Wildman–Crippen MR) is 57.1 cm³/mol. The number of aldehydes is 1. The Bertz CT molecular complexity index is 425. The smallest absolute Gasteiger partial charge is 0.291 e. The average molecular weight is 220 g/mol. The molecular formula is C11H12N2O3. The van der Waals surface area contributed by atoms with E-state index in [4.69, 9.17) is 0 Å². The standard InChI is InChI=1S/C11H12N2O3/c14-8-11(5-1-2-6-11)10-9(13(15)16)4-3-7-12-10/h3-4,7-8H,1-2,5-6H2. The highest BCUT2D eigenvalue weighted by Gasteiger charge is 2.41. The molecule has 84 valence electrons. The third-order valence-corrected chi connectivity index (χ3v) is 3.18. The Hall–Kier alpha value is -1.78. The molecule has 1 aromatic rings. The number of nitrogens with zero attached hydrogens (tertiary/aromatic N) is 2. The van der Waals surface area contributed by atoms with Crippen molar-refractivity contribution in [2.75, 3.05) is 0 Å². The highest BCUT2D eigenvalue weighted by molar-refractivity contribution is 5.70. The summed E-state index contributed by atoms with van der Waals surface area (Å²) in [5.41, 5.74) is -0.451. The molecule has 0 bridgehead atoms. The van der Waals surface area contributed by atoms with E-state index in [0.717, 1.165) is 19.1 Å². The number of pyridine rings is 1. The highest BCUT2D eigenvalue weighted by atomic mass is 16.6. The van der Waals surface area contributed by atoms with Gasteiger partial charge in [-0.3, -0.25) is 15.1 Å². The second-order valence-corrected chi connectivity index (χ2v) is 4.11. The number of carbonyl (C=O) groups is 1. The third-order valence-electron chi connectivity index (χ3n) is 3.18. The molecule has 5 heteroatoms. The summed E-state index contributed by atoms with van der Waals surface area (Å²) < 4.78 is 0. The quantitative estimate of drug-likeness (QED) is 0.443. The molecule has 2 rings (SSSR count). The first kappa shape index (κ1) is 10.7. The van der Waals surface area contributed by atoms with Gasteiger partial charge in [0.1, 0.15) is 12.0 Å². The molecule has 5 nitrogen and oxygen atoms in total. The zero-order valence-electron chi connectivity index (χ0n) is 8.76. The minimum atomic E-state index is -0.732. The molecule has 0 N–H and O–H groups in total. The normalized spacial score (nSPS) is 18.2. The first-order valence-corrected chi connectivity index (χ1v) is 5.26. The lowest BCUT2D eigenvalue weighted by atomic mass is 9.83. The Morgan fingerprint density at radius 1 is 1.44 bits per heavy atom. The van der Waals surface area contributed by atoms with Gasteiger partial charge >= 0.3 is 0 Å². The summed E-state index contributed by atoms with van der Waals surface area (Å²) in [6.45, 7) is 0. The van der Waals surface area contributed by atoms with E-state index >= 15 is 0 Å². The van der Waals surface area contributed by atoms with Crippen molar-refractivity contribution in [1.82, 2.24) is 4.98 Å². The zero-order valence-corrected chi connectivity index (χ0v) is 8.76. The van der Waals surface area contributed by atoms with Crippen molar-refractivity contribution in [3.8, 4) is 0 Å². The van der Waals surface area contributed by atoms with Crippen molar-refractivity contribution in [3.63, 3.8) is 0 Å². The van der Waals surface area contributed by atoms with Gasteiger partial charge in [0.25, 0.3) is 5.69 Å². The summed E-state index contributed by atoms with van der Waals surface area (Å²) in [4.78, 5) is 25.7. The molecular weight excluding hydrogens is 208 g/mol. The van der Waals surface area contributed by atoms with Crippen LogP contribution >= 0.6 is 0 Å². The van der Waals surface area contributed by atoms with Crippen LogP contribution in [0.25, 0.3) is 0 Å². The second-order valence-electron chi connectivity index (χ2n) is 4.11. The number of carbonyl (C=O) groups excluding carboxylic acids is 1. The van der Waals surface area contributed by atoms with Gasteiger partial charge in [0.2, 0.25) is 0 Å². The summed E-state index contributed by atoms with van der Waals surface area (Å²) in [7, 11) is 0. The molecule has 0 unspecified atom stereocenters. The van der Waals surface area contributed by atoms with Crippen LogP contribution in [0, 0.1) is 10.1 Å². The largest absolute Gasteiger partial charge is 0.302 e. The van der Waals surface area contributed by atoms with Crippen molar-refractivity contribution in [3.05, 3.63) is 34.1 Å². The fourth-order valence-corrected chi connectivity index (χ4v) is 2.34. The van der Waals surface area contributed by atoms with Crippen LogP contribution in [0.4, 0.5) is 5.69 Å². The number of rotatable bonds is 3. The highest BCUT2D eigenvalue weighted by Crippen LogP contribution is 2.41. The van der Waals surface area contributed by atoms with Crippen molar-refractivity contribution < 1.29 is 9.72 Å². The fourth-order valence-electron chi connectivity index (χ4n) is 2.34. The zero-order chi connectivity index (χ0) is 11.6. The molecule has 0 aromatic carbocycles. The van der Waals surface area contributed by atoms with Crippen LogP contribution in [0.5, 0.6) is 0 Å². The lowest BCUT2D eigenvalue weighted by Gasteiger charge is -2.20. The molecule has 0 saturated heterocycles. The molecule has 1 aliphatic rings. The van der Waals surface area contributed by atoms with Gasteiger partial charge in [0.15, 0.2) is 0 Å². The van der Waals surface area contributed by atoms with E-state index in [1.807, 2.05) is 0 Å². The number of aromatic nitrogens is 1. The maximum Gasteiger partial charge on any atom is 0.291 e. The Morgan fingerprint density at radius 2 is 2.12 bits per heavy atom. The summed E-state index contributed by atoms with van der Waals surface area (Å²) >= 11 is 0. The lowest BCUT2D eigenvalue weighted by Crippen LogP contribution is -2.26. The SMILES string of the molecule is O=CC1(c2ncccc2[N+](=O)[O-])CCCC1. The summed E-state index contributed by atoms with van der Waals surface area (Å²) in [6.07, 6.45) is 5.50. The van der Waals surface area contributed by atoms with Gasteiger partial charge in [-0.15, -0.1) is 0 Å². The van der Waals surface area contributed by atoms with E-state index in [9.17, 15) is 14.9 Å². The van der Waals surface area contributed by atoms with E-state index in [-0.39, 0.29) is 5.69 Å². The van der Waals surface area contributed by atoms with Gasteiger partial charge in [-0.25, -0.2) is 0 Å². The molecule has 1 fully saturated rings. The van der Waals surface area contributed by atoms with Gasteiger partial charge in [0.05, 0.1) is 10.3 Å². The first-order valence-electron chi connectivity index (χ1n) is 5.26. The molecule has 1 saturated carbocycles. The van der Waals surface area contributed by atoms with Crippen LogP contribution in [0.2, 0.25) is 0 Å². The van der Waals surface area contributed by atoms with E-state index < -0.39 is 10.3 Å². The Labute approximate surface area is 92.6 Å². The van der Waals surface area contributed by atoms with E-state index in [0.29, 0.717) is 18.5 Å². The number of hydrogen-bond acceptors (Lipinski definition) is 4. The van der Waals surface area contributed by atoms with Gasteiger partial charge in [-0.1, -0.05) is 12.8 Å². The molecule has 0 aliphatic heterocycles. The van der Waals surface area contributed by atoms with Crippen LogP contribution in [0.1, 0.15) is 31.4 Å². The molecule has 16 heavy (non-hydrogen) atoms. The summed E-state index contributed by atoms with van der Waals surface area (Å²) in [6, 6.07) is 2.93. The third kappa shape index (κ3) is 1.58. The summed E-state index contributed by atoms with van der Waals surface area (Å²) in [5, 5.41) is 10.9. The lowest BCUT2D eigenvalue weighted by molar-refractivity contribution is -0.386. The van der Waals surface area contributed by atoms with Crippen LogP contribution in [-0.2, 0) is 10.2 Å². The van der Waals surface area contributed by atoms with Crippen LogP contribution < -0.4 is 0 Å². The first-order chi connectivity index (χ1) is 7.69. The van der Waals surface area contributed by atoms with Crippen molar-refractivity contribution in [2.24, 2.45) is 0 Å². The molecule has 0 atom stereocenters. The van der Waals surface area contributed by atoms with E-state index in [2.05, 4.69) is 4.98 Å². The van der Waals surface area contributed by atoms with Crippen molar-refractivity contribution >= 4 is 12.0 Å². The molecule has 0 spiro atoms. The Morgan fingerprint density at radius 3 is 2.69 bits per heavy atom. The van der Waals surface area contributed by atoms with E-state index in [1.54, 1.807) is 0 Å². The topological polar surface area (TPSA) is 73.1 Å². The molecule has 0 radical (unpaired) electrons. The van der Waals surface area contributed by atoms with E-state index in [1.165, 1.54) is 18.3 Å². The maximum absolute atomic E-state index is 11.2. The maximum atomic E-state index is 11.2. The van der Waals surface area contributed by atoms with Gasteiger partial charge in [-0.05, 0) is 18.9 Å². The minimum absolute atomic E-state index is 0.0449. The van der Waals surface area contributed by atoms with Gasteiger partial charge in [0, 0.05) is 12.3 Å². The molecule has 1 aliphatic carbocycles. The monoisotopic (exact) mass is 220 g/mol. The summed E-state index contributed by atoms with van der Waals surface area (Å²) in [5.74, 6) is 0. The molecule has 0 amide bonds. The van der Waals surface area contributed by atoms with Crippen LogP contribution in [0.15, 0.2) is 18.3 Å². The van der Waals surface area contributed by atoms with Crippen molar-refractivity contribution in [2.45, 2.75) is 31.1 Å². The van der Waals surface area contributed by atoms with Crippen LogP contribution in [0.3, 0.4) is 0 Å². The number of nitro groups is 1. The van der Waals surface area contributed by atoms with Crippen LogP contribution in [-0.4, -0.2) is 16.2 Å². The average Bonchev–Trinajstić information content (AvgIpc) is 2.78. The Kier molecular flexibility index (Phi) is 2.68. The number of hydrogen-bond donors (Lipinski definition) is 0. The van der Waals surface area contributed by atoms with Gasteiger partial charge < -0.3 is 4.79 Å². The van der Waals surface area contributed by atoms with Gasteiger partial charge in [-0.2, -0.15) is 0 Å². The Balaban J connectivity index is 2.53. The predicted octanol–water partition coefficient (Wildman–Crippen LogP) is 2.00.